The monoisotopic (exact) mass is 481 g/mol. The van der Waals surface area contributed by atoms with Crippen molar-refractivity contribution in [2.45, 2.75) is 13.2 Å². The molecule has 0 saturated carbocycles. The van der Waals surface area contributed by atoms with Gasteiger partial charge in [0.2, 0.25) is 5.91 Å². The molecule has 3 aromatic carbocycles. The summed E-state index contributed by atoms with van der Waals surface area (Å²) in [5, 5.41) is 18.9. The van der Waals surface area contributed by atoms with Gasteiger partial charge in [0.15, 0.2) is 0 Å². The Morgan fingerprint density at radius 3 is 2.56 bits per heavy atom. The Labute approximate surface area is 207 Å². The molecule has 0 atom stereocenters. The average molecular weight is 482 g/mol. The number of ether oxygens (including phenoxy) is 2. The fourth-order valence-corrected chi connectivity index (χ4v) is 3.38. The number of anilines is 2. The van der Waals surface area contributed by atoms with Crippen molar-refractivity contribution in [1.82, 2.24) is 9.78 Å². The highest BCUT2D eigenvalue weighted by Crippen LogP contribution is 2.18. The fraction of sp³-hybridized carbons (Fsp3) is 0.111. The maximum Gasteiger partial charge on any atom is 0.255 e. The van der Waals surface area contributed by atoms with Crippen molar-refractivity contribution in [3.8, 4) is 17.6 Å². The third-order valence-electron chi connectivity index (χ3n) is 5.20. The van der Waals surface area contributed by atoms with Gasteiger partial charge in [-0.2, -0.15) is 10.4 Å². The summed E-state index contributed by atoms with van der Waals surface area (Å²) in [5.74, 6) is 0.590. The first kappa shape index (κ1) is 24.0. The van der Waals surface area contributed by atoms with E-state index in [4.69, 9.17) is 9.47 Å². The van der Waals surface area contributed by atoms with Crippen molar-refractivity contribution in [1.29, 1.82) is 5.26 Å². The molecule has 0 fully saturated rings. The summed E-state index contributed by atoms with van der Waals surface area (Å²) in [4.78, 5) is 25.0. The zero-order valence-electron chi connectivity index (χ0n) is 19.5. The molecule has 36 heavy (non-hydrogen) atoms. The van der Waals surface area contributed by atoms with E-state index in [1.165, 1.54) is 10.9 Å². The molecule has 0 aliphatic heterocycles. The van der Waals surface area contributed by atoms with E-state index in [0.29, 0.717) is 34.0 Å². The Morgan fingerprint density at radius 2 is 1.78 bits per heavy atom. The number of nitrogens with one attached hydrogen (secondary N) is 2. The lowest BCUT2D eigenvalue weighted by molar-refractivity contribution is -0.116. The normalized spacial score (nSPS) is 10.2. The Balaban J connectivity index is 1.32. The number of aromatic nitrogens is 2. The summed E-state index contributed by atoms with van der Waals surface area (Å²) in [7, 11) is 1.57. The van der Waals surface area contributed by atoms with Crippen LogP contribution in [0.2, 0.25) is 0 Å². The minimum atomic E-state index is -0.347. The van der Waals surface area contributed by atoms with Crippen LogP contribution in [0.3, 0.4) is 0 Å². The highest BCUT2D eigenvalue weighted by atomic mass is 16.5. The molecule has 0 spiro atoms. The molecule has 9 heteroatoms. The van der Waals surface area contributed by atoms with Crippen LogP contribution >= 0.6 is 0 Å². The number of rotatable bonds is 9. The van der Waals surface area contributed by atoms with Crippen LogP contribution in [0.15, 0.2) is 85.2 Å². The van der Waals surface area contributed by atoms with Gasteiger partial charge in [-0.15, -0.1) is 0 Å². The van der Waals surface area contributed by atoms with Crippen molar-refractivity contribution >= 4 is 23.2 Å². The van der Waals surface area contributed by atoms with Crippen molar-refractivity contribution in [3.05, 3.63) is 102 Å². The van der Waals surface area contributed by atoms with E-state index in [-0.39, 0.29) is 25.0 Å². The van der Waals surface area contributed by atoms with E-state index in [2.05, 4.69) is 21.8 Å². The van der Waals surface area contributed by atoms with Gasteiger partial charge in [0.25, 0.3) is 5.91 Å². The van der Waals surface area contributed by atoms with Crippen molar-refractivity contribution in [3.63, 3.8) is 0 Å². The van der Waals surface area contributed by atoms with Crippen molar-refractivity contribution in [2.75, 3.05) is 17.7 Å². The quantitative estimate of drug-likeness (QED) is 0.369. The molecule has 0 saturated heterocycles. The average Bonchev–Trinajstić information content (AvgIpc) is 3.34. The van der Waals surface area contributed by atoms with Gasteiger partial charge in [-0.25, -0.2) is 0 Å². The van der Waals surface area contributed by atoms with Gasteiger partial charge in [-0.3, -0.25) is 14.3 Å². The number of carbonyl (C=O) groups excluding carboxylic acids is 2. The van der Waals surface area contributed by atoms with Gasteiger partial charge >= 0.3 is 0 Å². The maximum atomic E-state index is 12.7. The number of amides is 2. The molecule has 9 nitrogen and oxygen atoms in total. The van der Waals surface area contributed by atoms with E-state index < -0.39 is 0 Å². The second-order valence-electron chi connectivity index (χ2n) is 7.74. The number of carbonyl (C=O) groups is 2. The van der Waals surface area contributed by atoms with Crippen LogP contribution in [0.4, 0.5) is 11.4 Å². The Hall–Kier alpha value is -5.10. The third kappa shape index (κ3) is 6.27. The number of nitriles is 1. The van der Waals surface area contributed by atoms with E-state index in [1.807, 2.05) is 12.1 Å². The first-order valence-corrected chi connectivity index (χ1v) is 11.0. The first-order valence-electron chi connectivity index (χ1n) is 11.0. The lowest BCUT2D eigenvalue weighted by Crippen LogP contribution is -2.19. The van der Waals surface area contributed by atoms with Crippen LogP contribution in [0.1, 0.15) is 21.5 Å². The highest BCUT2D eigenvalue weighted by Gasteiger charge is 2.11. The van der Waals surface area contributed by atoms with Crippen LogP contribution in [0.5, 0.6) is 11.5 Å². The molecule has 0 bridgehead atoms. The number of nitrogens with zero attached hydrogens (tertiary/aromatic N) is 3. The standard InChI is InChI=1S/C27H23N5O4/c1-35-24-11-9-22(10-12-24)30-26(33)17-32-16-23(15-29-32)31-27(34)19-7-4-8-25(13-19)36-18-21-6-3-2-5-20(21)14-28/h2-13,15-16H,17-18H2,1H3,(H,30,33)(H,31,34). The van der Waals surface area contributed by atoms with E-state index in [9.17, 15) is 14.9 Å². The molecule has 1 aromatic heterocycles. The molecule has 0 aliphatic rings. The van der Waals surface area contributed by atoms with E-state index >= 15 is 0 Å². The molecule has 2 amide bonds. The molecular weight excluding hydrogens is 458 g/mol. The van der Waals surface area contributed by atoms with Crippen LogP contribution < -0.4 is 20.1 Å². The molecule has 1 heterocycles. The summed E-state index contributed by atoms with van der Waals surface area (Å²) in [6.07, 6.45) is 3.04. The highest BCUT2D eigenvalue weighted by molar-refractivity contribution is 6.04. The zero-order valence-corrected chi connectivity index (χ0v) is 19.5. The summed E-state index contributed by atoms with van der Waals surface area (Å²) < 4.78 is 12.3. The topological polar surface area (TPSA) is 118 Å². The predicted molar refractivity (Wildman–Crippen MR) is 134 cm³/mol. The van der Waals surface area contributed by atoms with Crippen molar-refractivity contribution < 1.29 is 19.1 Å². The number of hydrogen-bond donors (Lipinski definition) is 2. The minimum Gasteiger partial charge on any atom is -0.497 e. The number of hydrogen-bond acceptors (Lipinski definition) is 6. The van der Waals surface area contributed by atoms with Crippen LogP contribution in [0.25, 0.3) is 0 Å². The zero-order chi connectivity index (χ0) is 25.3. The molecule has 0 aliphatic carbocycles. The van der Waals surface area contributed by atoms with Gasteiger partial charge in [0, 0.05) is 23.0 Å². The summed E-state index contributed by atoms with van der Waals surface area (Å²) >= 11 is 0. The summed E-state index contributed by atoms with van der Waals surface area (Å²) in [6, 6.07) is 23.1. The van der Waals surface area contributed by atoms with Crippen molar-refractivity contribution in [2.24, 2.45) is 0 Å². The van der Waals surface area contributed by atoms with E-state index in [1.54, 1.807) is 74.0 Å². The molecule has 180 valence electrons. The smallest absolute Gasteiger partial charge is 0.255 e. The molecule has 4 aromatic rings. The Morgan fingerprint density at radius 1 is 0.972 bits per heavy atom. The van der Waals surface area contributed by atoms with Crippen LogP contribution in [-0.4, -0.2) is 28.7 Å². The minimum absolute atomic E-state index is 0.0185. The van der Waals surface area contributed by atoms with Gasteiger partial charge in [0.1, 0.15) is 24.7 Å². The molecular formula is C27H23N5O4. The molecule has 2 N–H and O–H groups in total. The maximum absolute atomic E-state index is 12.7. The number of benzene rings is 3. The van der Waals surface area contributed by atoms with Crippen LogP contribution in [0, 0.1) is 11.3 Å². The van der Waals surface area contributed by atoms with Gasteiger partial charge in [0.05, 0.1) is 30.6 Å². The second-order valence-corrected chi connectivity index (χ2v) is 7.74. The third-order valence-corrected chi connectivity index (χ3v) is 5.20. The lowest BCUT2D eigenvalue weighted by atomic mass is 10.1. The molecule has 0 unspecified atom stereocenters. The summed E-state index contributed by atoms with van der Waals surface area (Å²) in [5.41, 5.74) is 2.79. The SMILES string of the molecule is COc1ccc(NC(=O)Cn2cc(NC(=O)c3cccc(OCc4ccccc4C#N)c3)cn2)cc1. The largest absolute Gasteiger partial charge is 0.497 e. The van der Waals surface area contributed by atoms with Gasteiger partial charge < -0.3 is 20.1 Å². The van der Waals surface area contributed by atoms with Crippen LogP contribution in [-0.2, 0) is 17.9 Å². The first-order chi connectivity index (χ1) is 17.5. The second kappa shape index (κ2) is 11.4. The summed E-state index contributed by atoms with van der Waals surface area (Å²) in [6.45, 7) is 0.190. The fourth-order valence-electron chi connectivity index (χ4n) is 3.38. The molecule has 4 rings (SSSR count). The molecule has 0 radical (unpaired) electrons. The lowest BCUT2D eigenvalue weighted by Gasteiger charge is -2.09. The Bertz CT molecular complexity index is 1410. The van der Waals surface area contributed by atoms with Gasteiger partial charge in [-0.05, 0) is 48.5 Å². The van der Waals surface area contributed by atoms with Gasteiger partial charge in [-0.1, -0.05) is 24.3 Å². The predicted octanol–water partition coefficient (Wildman–Crippen LogP) is 4.23. The van der Waals surface area contributed by atoms with E-state index in [0.717, 1.165) is 5.56 Å². The Kier molecular flexibility index (Phi) is 7.58. The number of methoxy groups -OCH3 is 1.